The topological polar surface area (TPSA) is 29.3 Å². The highest BCUT2D eigenvalue weighted by Gasteiger charge is 2.22. The first-order valence-electron chi connectivity index (χ1n) is 7.47. The molecule has 0 spiro atoms. The molecule has 0 radical (unpaired) electrons. The van der Waals surface area contributed by atoms with Crippen LogP contribution in [-0.4, -0.2) is 16.2 Å². The van der Waals surface area contributed by atoms with E-state index in [1.54, 1.807) is 0 Å². The molecule has 19 heavy (non-hydrogen) atoms. The molecule has 3 heteroatoms. The third kappa shape index (κ3) is 2.98. The van der Waals surface area contributed by atoms with E-state index in [1.807, 2.05) is 23.0 Å². The van der Waals surface area contributed by atoms with Crippen LogP contribution in [-0.2, 0) is 0 Å². The van der Waals surface area contributed by atoms with Crippen molar-refractivity contribution in [3.05, 3.63) is 36.2 Å². The fourth-order valence-electron chi connectivity index (χ4n) is 2.78. The zero-order chi connectivity index (χ0) is 13.7. The molecule has 2 aromatic heterocycles. The summed E-state index contributed by atoms with van der Waals surface area (Å²) in [5.74, 6) is 0.666. The lowest BCUT2D eigenvalue weighted by Crippen LogP contribution is -2.28. The maximum Gasteiger partial charge on any atom is 0.0709 e. The van der Waals surface area contributed by atoms with Gasteiger partial charge in [-0.05, 0) is 31.0 Å². The highest BCUT2D eigenvalue weighted by Crippen LogP contribution is 2.30. The van der Waals surface area contributed by atoms with Gasteiger partial charge in [0.05, 0.1) is 11.7 Å². The van der Waals surface area contributed by atoms with E-state index in [-0.39, 0.29) is 0 Å². The van der Waals surface area contributed by atoms with Crippen LogP contribution in [0, 0.1) is 5.92 Å². The van der Waals surface area contributed by atoms with Crippen LogP contribution in [0.4, 0.5) is 0 Å². The fraction of sp³-hybridized carbons (Fsp3) is 0.562. The van der Waals surface area contributed by atoms with Crippen LogP contribution in [0.25, 0.3) is 5.52 Å². The summed E-state index contributed by atoms with van der Waals surface area (Å²) in [4.78, 5) is 0. The smallest absolute Gasteiger partial charge is 0.0709 e. The molecule has 0 saturated heterocycles. The normalized spacial score (nSPS) is 13.3. The van der Waals surface area contributed by atoms with Gasteiger partial charge in [0.15, 0.2) is 0 Å². The van der Waals surface area contributed by atoms with Crippen molar-refractivity contribution in [2.75, 3.05) is 6.54 Å². The number of nitrogens with zero attached hydrogens (tertiary/aromatic N) is 2. The van der Waals surface area contributed by atoms with E-state index < -0.39 is 0 Å². The minimum absolute atomic E-state index is 0.412. The Bertz CT molecular complexity index is 499. The van der Waals surface area contributed by atoms with Crippen molar-refractivity contribution >= 4 is 5.52 Å². The molecule has 1 unspecified atom stereocenters. The molecule has 0 aliphatic carbocycles. The van der Waals surface area contributed by atoms with Gasteiger partial charge in [-0.25, -0.2) is 4.52 Å². The first-order valence-corrected chi connectivity index (χ1v) is 7.47. The summed E-state index contributed by atoms with van der Waals surface area (Å²) in [6.07, 6.45) is 7.60. The largest absolute Gasteiger partial charge is 0.310 e. The average Bonchev–Trinajstić information content (AvgIpc) is 2.87. The lowest BCUT2D eigenvalue weighted by atomic mass is 9.89. The van der Waals surface area contributed by atoms with Gasteiger partial charge in [-0.2, -0.15) is 5.10 Å². The SMILES string of the molecule is CCCNC(c1cnn2ccccc12)C(CC)CC. The predicted octanol–water partition coefficient (Wildman–Crippen LogP) is 3.81. The summed E-state index contributed by atoms with van der Waals surface area (Å²) >= 11 is 0. The number of hydrogen-bond donors (Lipinski definition) is 1. The van der Waals surface area contributed by atoms with Gasteiger partial charge in [0.2, 0.25) is 0 Å². The number of pyridine rings is 1. The number of fused-ring (bicyclic) bond motifs is 1. The molecule has 0 aromatic carbocycles. The third-order valence-corrected chi connectivity index (χ3v) is 3.93. The van der Waals surface area contributed by atoms with E-state index in [0.717, 1.165) is 13.0 Å². The summed E-state index contributed by atoms with van der Waals surface area (Å²) in [5.41, 5.74) is 2.56. The quantitative estimate of drug-likeness (QED) is 0.819. The minimum Gasteiger partial charge on any atom is -0.310 e. The third-order valence-electron chi connectivity index (χ3n) is 3.93. The van der Waals surface area contributed by atoms with Crippen molar-refractivity contribution in [1.82, 2.24) is 14.9 Å². The molecule has 2 heterocycles. The van der Waals surface area contributed by atoms with Gasteiger partial charge in [-0.15, -0.1) is 0 Å². The zero-order valence-electron chi connectivity index (χ0n) is 12.3. The van der Waals surface area contributed by atoms with Crippen LogP contribution >= 0.6 is 0 Å². The first kappa shape index (κ1) is 14.1. The van der Waals surface area contributed by atoms with E-state index in [2.05, 4.69) is 43.3 Å². The Labute approximate surface area is 116 Å². The average molecular weight is 259 g/mol. The Morgan fingerprint density at radius 1 is 1.21 bits per heavy atom. The Hall–Kier alpha value is -1.35. The van der Waals surface area contributed by atoms with E-state index in [9.17, 15) is 0 Å². The molecule has 104 valence electrons. The van der Waals surface area contributed by atoms with Gasteiger partial charge in [-0.1, -0.05) is 39.7 Å². The summed E-state index contributed by atoms with van der Waals surface area (Å²) in [6, 6.07) is 6.68. The minimum atomic E-state index is 0.412. The van der Waals surface area contributed by atoms with E-state index in [1.165, 1.54) is 23.9 Å². The second kappa shape index (κ2) is 6.71. The predicted molar refractivity (Wildman–Crippen MR) is 80.3 cm³/mol. The zero-order valence-corrected chi connectivity index (χ0v) is 12.3. The second-order valence-corrected chi connectivity index (χ2v) is 5.14. The van der Waals surface area contributed by atoms with Crippen LogP contribution < -0.4 is 5.32 Å². The van der Waals surface area contributed by atoms with Crippen molar-refractivity contribution in [3.8, 4) is 0 Å². The van der Waals surface area contributed by atoms with E-state index >= 15 is 0 Å². The molecule has 2 rings (SSSR count). The van der Waals surface area contributed by atoms with Crippen LogP contribution in [0.1, 0.15) is 51.6 Å². The monoisotopic (exact) mass is 259 g/mol. The molecular formula is C16H25N3. The maximum atomic E-state index is 4.48. The second-order valence-electron chi connectivity index (χ2n) is 5.14. The van der Waals surface area contributed by atoms with Crippen molar-refractivity contribution < 1.29 is 0 Å². The van der Waals surface area contributed by atoms with Crippen molar-refractivity contribution in [2.24, 2.45) is 5.92 Å². The van der Waals surface area contributed by atoms with Crippen LogP contribution in [0.15, 0.2) is 30.6 Å². The Morgan fingerprint density at radius 3 is 2.68 bits per heavy atom. The van der Waals surface area contributed by atoms with E-state index in [4.69, 9.17) is 0 Å². The molecule has 2 aromatic rings. The lowest BCUT2D eigenvalue weighted by Gasteiger charge is -2.26. The molecule has 1 atom stereocenters. The van der Waals surface area contributed by atoms with Gasteiger partial charge in [-0.3, -0.25) is 0 Å². The summed E-state index contributed by atoms with van der Waals surface area (Å²) in [6.45, 7) is 7.83. The Morgan fingerprint density at radius 2 is 2.00 bits per heavy atom. The Kier molecular flexibility index (Phi) is 4.97. The molecular weight excluding hydrogens is 234 g/mol. The fourth-order valence-corrected chi connectivity index (χ4v) is 2.78. The lowest BCUT2D eigenvalue weighted by molar-refractivity contribution is 0.343. The van der Waals surface area contributed by atoms with Gasteiger partial charge < -0.3 is 5.32 Å². The summed E-state index contributed by atoms with van der Waals surface area (Å²) in [5, 5.41) is 8.19. The molecule has 0 saturated carbocycles. The molecule has 3 nitrogen and oxygen atoms in total. The van der Waals surface area contributed by atoms with Crippen molar-refractivity contribution in [1.29, 1.82) is 0 Å². The number of hydrogen-bond acceptors (Lipinski definition) is 2. The highest BCUT2D eigenvalue weighted by molar-refractivity contribution is 5.55. The number of rotatable bonds is 7. The van der Waals surface area contributed by atoms with Gasteiger partial charge in [0.1, 0.15) is 0 Å². The molecule has 0 bridgehead atoms. The molecule has 1 N–H and O–H groups in total. The highest BCUT2D eigenvalue weighted by atomic mass is 15.2. The van der Waals surface area contributed by atoms with Gasteiger partial charge in [0.25, 0.3) is 0 Å². The maximum absolute atomic E-state index is 4.48. The van der Waals surface area contributed by atoms with Crippen molar-refractivity contribution in [2.45, 2.75) is 46.1 Å². The molecule has 0 fully saturated rings. The van der Waals surface area contributed by atoms with Crippen LogP contribution in [0.2, 0.25) is 0 Å². The van der Waals surface area contributed by atoms with Crippen LogP contribution in [0.3, 0.4) is 0 Å². The Balaban J connectivity index is 2.36. The van der Waals surface area contributed by atoms with Crippen molar-refractivity contribution in [3.63, 3.8) is 0 Å². The van der Waals surface area contributed by atoms with Gasteiger partial charge >= 0.3 is 0 Å². The van der Waals surface area contributed by atoms with E-state index in [0.29, 0.717) is 12.0 Å². The number of nitrogens with one attached hydrogen (secondary N) is 1. The van der Waals surface area contributed by atoms with Gasteiger partial charge in [0, 0.05) is 17.8 Å². The van der Waals surface area contributed by atoms with Crippen LogP contribution in [0.5, 0.6) is 0 Å². The molecule has 0 amide bonds. The first-order chi connectivity index (χ1) is 9.31. The molecule has 0 aliphatic rings. The standard InChI is InChI=1S/C16H25N3/c1-4-10-17-16(13(5-2)6-3)14-12-18-19-11-8-7-9-15(14)19/h7-9,11-13,16-17H,4-6,10H2,1-3H3. The summed E-state index contributed by atoms with van der Waals surface area (Å²) in [7, 11) is 0. The molecule has 0 aliphatic heterocycles. The summed E-state index contributed by atoms with van der Waals surface area (Å²) < 4.78 is 1.97. The number of aromatic nitrogens is 2.